The molecule has 0 amide bonds. The first-order valence-corrected chi connectivity index (χ1v) is 6.99. The molecule has 1 aliphatic carbocycles. The fourth-order valence-corrected chi connectivity index (χ4v) is 1.24. The van der Waals surface area contributed by atoms with Crippen molar-refractivity contribution in [2.75, 3.05) is 0 Å². The highest BCUT2D eigenvalue weighted by Gasteiger charge is 2.02. The predicted octanol–water partition coefficient (Wildman–Crippen LogP) is 6.13. The van der Waals surface area contributed by atoms with E-state index in [1.165, 1.54) is 17.7 Å². The Morgan fingerprint density at radius 1 is 1.11 bits per heavy atom. The van der Waals surface area contributed by atoms with Crippen LogP contribution in [-0.4, -0.2) is 4.98 Å². The zero-order valence-corrected chi connectivity index (χ0v) is 15.2. The standard InChI is InChI=1S/C9H9N.C3H8.2C2H6.HI/c1-2-6-9-8(4-1)5-3-7-10-9;1-3-2;2*1-2;/h1,3-5,7H,2,6H2;3H2,1-2H3;2*1-2H3;1H. The molecular weight excluding hydrogens is 333 g/mol. The number of aromatic nitrogens is 1. The SMILES string of the molecule is C1=Cc2cccnc2CC1.CC.CC.CCC.I. The van der Waals surface area contributed by atoms with E-state index >= 15 is 0 Å². The molecule has 0 unspecified atom stereocenters. The molecule has 0 N–H and O–H groups in total. The normalized spacial score (nSPS) is 9.89. The maximum atomic E-state index is 4.27. The highest BCUT2D eigenvalue weighted by atomic mass is 127. The average molecular weight is 363 g/mol. The number of pyridine rings is 1. The molecule has 0 saturated carbocycles. The second-order valence-corrected chi connectivity index (χ2v) is 3.19. The minimum atomic E-state index is 0. The van der Waals surface area contributed by atoms with Crippen molar-refractivity contribution >= 4 is 30.1 Å². The summed E-state index contributed by atoms with van der Waals surface area (Å²) in [6, 6.07) is 4.09. The van der Waals surface area contributed by atoms with Crippen molar-refractivity contribution in [1.29, 1.82) is 0 Å². The number of fused-ring (bicyclic) bond motifs is 1. The van der Waals surface area contributed by atoms with Gasteiger partial charge in [0.25, 0.3) is 0 Å². The zero-order valence-electron chi connectivity index (χ0n) is 12.9. The number of nitrogens with zero attached hydrogens (tertiary/aromatic N) is 1. The molecule has 0 aromatic carbocycles. The fourth-order valence-electron chi connectivity index (χ4n) is 1.24. The number of rotatable bonds is 0. The number of halogens is 1. The molecule has 106 valence electrons. The second kappa shape index (κ2) is 19.0. The van der Waals surface area contributed by atoms with Gasteiger partial charge in [0, 0.05) is 11.9 Å². The van der Waals surface area contributed by atoms with Crippen LogP contribution in [0.1, 0.15) is 65.6 Å². The first kappa shape index (κ1) is 22.8. The van der Waals surface area contributed by atoms with E-state index in [0.717, 1.165) is 12.8 Å². The van der Waals surface area contributed by atoms with Gasteiger partial charge in [0.2, 0.25) is 0 Å². The van der Waals surface area contributed by atoms with E-state index < -0.39 is 0 Å². The first-order valence-electron chi connectivity index (χ1n) is 6.99. The van der Waals surface area contributed by atoms with Crippen molar-refractivity contribution in [3.05, 3.63) is 35.7 Å². The van der Waals surface area contributed by atoms with E-state index in [4.69, 9.17) is 0 Å². The number of aryl methyl sites for hydroxylation is 1. The van der Waals surface area contributed by atoms with Crippen molar-refractivity contribution in [2.24, 2.45) is 0 Å². The highest BCUT2D eigenvalue weighted by molar-refractivity contribution is 14.0. The molecule has 0 saturated heterocycles. The quantitative estimate of drug-likeness (QED) is 0.506. The van der Waals surface area contributed by atoms with Crippen molar-refractivity contribution in [3.8, 4) is 0 Å². The molecule has 18 heavy (non-hydrogen) atoms. The summed E-state index contributed by atoms with van der Waals surface area (Å²) in [5.74, 6) is 0. The van der Waals surface area contributed by atoms with Gasteiger partial charge < -0.3 is 0 Å². The summed E-state index contributed by atoms with van der Waals surface area (Å²) in [6.07, 6.45) is 9.70. The summed E-state index contributed by atoms with van der Waals surface area (Å²) in [6.45, 7) is 12.2. The van der Waals surface area contributed by atoms with Crippen molar-refractivity contribution in [2.45, 2.75) is 60.8 Å². The van der Waals surface area contributed by atoms with E-state index in [1.807, 2.05) is 40.0 Å². The van der Waals surface area contributed by atoms with Gasteiger partial charge in [0.15, 0.2) is 0 Å². The third-order valence-electron chi connectivity index (χ3n) is 1.77. The van der Waals surface area contributed by atoms with Crippen LogP contribution in [0.15, 0.2) is 24.4 Å². The molecule has 0 aliphatic heterocycles. The van der Waals surface area contributed by atoms with Crippen LogP contribution >= 0.6 is 24.0 Å². The summed E-state index contributed by atoms with van der Waals surface area (Å²) < 4.78 is 0. The van der Waals surface area contributed by atoms with Gasteiger partial charge >= 0.3 is 0 Å². The molecule has 1 aromatic heterocycles. The van der Waals surface area contributed by atoms with E-state index in [0.29, 0.717) is 0 Å². The molecule has 0 bridgehead atoms. The first-order chi connectivity index (χ1) is 8.38. The Morgan fingerprint density at radius 2 is 1.67 bits per heavy atom. The van der Waals surface area contributed by atoms with Gasteiger partial charge in [0.1, 0.15) is 0 Å². The summed E-state index contributed by atoms with van der Waals surface area (Å²) in [5, 5.41) is 0. The van der Waals surface area contributed by atoms with Gasteiger partial charge in [-0.25, -0.2) is 0 Å². The van der Waals surface area contributed by atoms with Crippen molar-refractivity contribution < 1.29 is 0 Å². The van der Waals surface area contributed by atoms with E-state index in [9.17, 15) is 0 Å². The van der Waals surface area contributed by atoms with Gasteiger partial charge in [0.05, 0.1) is 0 Å². The molecule has 0 radical (unpaired) electrons. The Balaban J connectivity index is -0.000000245. The lowest BCUT2D eigenvalue weighted by atomic mass is 10.0. The van der Waals surface area contributed by atoms with Crippen LogP contribution in [0.3, 0.4) is 0 Å². The van der Waals surface area contributed by atoms with Crippen LogP contribution in [-0.2, 0) is 6.42 Å². The topological polar surface area (TPSA) is 12.9 Å². The summed E-state index contributed by atoms with van der Waals surface area (Å²) in [5.41, 5.74) is 2.53. The smallest absolute Gasteiger partial charge is 0.0478 e. The Kier molecular flexibility index (Phi) is 24.0. The van der Waals surface area contributed by atoms with Crippen LogP contribution < -0.4 is 0 Å². The van der Waals surface area contributed by atoms with E-state index in [-0.39, 0.29) is 24.0 Å². The van der Waals surface area contributed by atoms with Gasteiger partial charge in [-0.05, 0) is 24.5 Å². The lowest BCUT2D eigenvalue weighted by molar-refractivity contribution is 0.927. The molecular formula is C16H30IN. The monoisotopic (exact) mass is 363 g/mol. The maximum absolute atomic E-state index is 4.27. The van der Waals surface area contributed by atoms with Gasteiger partial charge in [-0.1, -0.05) is 66.2 Å². The Morgan fingerprint density at radius 3 is 2.17 bits per heavy atom. The third kappa shape index (κ3) is 10.8. The van der Waals surface area contributed by atoms with Crippen molar-refractivity contribution in [1.82, 2.24) is 4.98 Å². The molecule has 1 aromatic rings. The maximum Gasteiger partial charge on any atom is 0.0478 e. The van der Waals surface area contributed by atoms with E-state index in [1.54, 1.807) is 0 Å². The Hall–Kier alpha value is -0.380. The van der Waals surface area contributed by atoms with Gasteiger partial charge in [-0.15, -0.1) is 24.0 Å². The van der Waals surface area contributed by atoms with Crippen LogP contribution in [0.2, 0.25) is 0 Å². The fraction of sp³-hybridized carbons (Fsp3) is 0.562. The van der Waals surface area contributed by atoms with Gasteiger partial charge in [-0.2, -0.15) is 0 Å². The summed E-state index contributed by atoms with van der Waals surface area (Å²) in [7, 11) is 0. The number of allylic oxidation sites excluding steroid dienone is 1. The second-order valence-electron chi connectivity index (χ2n) is 3.19. The van der Waals surface area contributed by atoms with Crippen LogP contribution in [0.4, 0.5) is 0 Å². The third-order valence-corrected chi connectivity index (χ3v) is 1.77. The lowest BCUT2D eigenvalue weighted by Gasteiger charge is -2.06. The lowest BCUT2D eigenvalue weighted by Crippen LogP contribution is -1.95. The van der Waals surface area contributed by atoms with Crippen LogP contribution in [0.25, 0.3) is 6.08 Å². The molecule has 2 rings (SSSR count). The molecule has 0 atom stereocenters. The molecule has 0 fully saturated rings. The Bertz CT molecular complexity index is 282. The summed E-state index contributed by atoms with van der Waals surface area (Å²) in [4.78, 5) is 4.27. The van der Waals surface area contributed by atoms with Crippen LogP contribution in [0, 0.1) is 0 Å². The highest BCUT2D eigenvalue weighted by Crippen LogP contribution is 2.15. The largest absolute Gasteiger partial charge is 0.261 e. The number of hydrogen-bond acceptors (Lipinski definition) is 1. The van der Waals surface area contributed by atoms with Crippen molar-refractivity contribution in [3.63, 3.8) is 0 Å². The molecule has 1 heterocycles. The summed E-state index contributed by atoms with van der Waals surface area (Å²) >= 11 is 0. The van der Waals surface area contributed by atoms with Gasteiger partial charge in [-0.3, -0.25) is 4.98 Å². The molecule has 1 aliphatic rings. The minimum Gasteiger partial charge on any atom is -0.261 e. The zero-order chi connectivity index (χ0) is 13.5. The molecule has 1 nitrogen and oxygen atoms in total. The predicted molar refractivity (Wildman–Crippen MR) is 95.7 cm³/mol. The molecule has 2 heteroatoms. The minimum absolute atomic E-state index is 0. The van der Waals surface area contributed by atoms with Crippen LogP contribution in [0.5, 0.6) is 0 Å². The van der Waals surface area contributed by atoms with E-state index in [2.05, 4.69) is 37.0 Å². The Labute approximate surface area is 131 Å². The molecule has 0 spiro atoms. The average Bonchev–Trinajstić information content (AvgIpc) is 2.44. The number of hydrogen-bond donors (Lipinski definition) is 0.